The molecule has 0 saturated heterocycles. The van der Waals surface area contributed by atoms with Crippen molar-refractivity contribution in [3.63, 3.8) is 0 Å². The number of benzene rings is 2. The van der Waals surface area contributed by atoms with Crippen molar-refractivity contribution in [2.24, 2.45) is 0 Å². The molecule has 5 nitrogen and oxygen atoms in total. The third-order valence-electron chi connectivity index (χ3n) is 5.26. The number of likely N-dealkylation sites (N-methyl/N-ethyl adjacent to an activating group) is 1. The lowest BCUT2D eigenvalue weighted by atomic mass is 10.1. The predicted molar refractivity (Wildman–Crippen MR) is 116 cm³/mol. The molecular weight excluding hydrogens is 362 g/mol. The number of hydrogen-bond acceptors (Lipinski definition) is 3. The fraction of sp³-hybridized carbons (Fsp3) is 0.250. The molecular formula is C24H27N3O2. The van der Waals surface area contributed by atoms with Crippen LogP contribution in [-0.4, -0.2) is 34.7 Å². The standard InChI is InChI=1S/C24H27N3O2/c1-17-21(19(3)27(25-17)20-11-7-6-8-12-20)15-16-24(28)26(4)18(2)22-13-9-10-14-23(22)29-5/h6-16,18H,1-5H3/b16-15+. The number of carbonyl (C=O) groups excluding carboxylic acids is 1. The molecule has 0 spiro atoms. The summed E-state index contributed by atoms with van der Waals surface area (Å²) in [6.07, 6.45) is 3.46. The highest BCUT2D eigenvalue weighted by Gasteiger charge is 2.19. The minimum Gasteiger partial charge on any atom is -0.496 e. The Morgan fingerprint density at radius 2 is 1.76 bits per heavy atom. The van der Waals surface area contributed by atoms with Crippen molar-refractivity contribution in [3.8, 4) is 11.4 Å². The zero-order valence-corrected chi connectivity index (χ0v) is 17.6. The largest absolute Gasteiger partial charge is 0.496 e. The number of hydrogen-bond donors (Lipinski definition) is 0. The van der Waals surface area contributed by atoms with E-state index in [0.29, 0.717) is 0 Å². The molecule has 1 atom stereocenters. The number of rotatable bonds is 6. The molecule has 1 heterocycles. The van der Waals surface area contributed by atoms with Crippen LogP contribution in [0.3, 0.4) is 0 Å². The fourth-order valence-corrected chi connectivity index (χ4v) is 3.40. The second-order valence-corrected chi connectivity index (χ2v) is 7.03. The van der Waals surface area contributed by atoms with Gasteiger partial charge in [0, 0.05) is 29.9 Å². The van der Waals surface area contributed by atoms with Crippen molar-refractivity contribution in [2.75, 3.05) is 14.2 Å². The topological polar surface area (TPSA) is 47.4 Å². The summed E-state index contributed by atoms with van der Waals surface area (Å²) in [4.78, 5) is 14.5. The quantitative estimate of drug-likeness (QED) is 0.573. The molecule has 29 heavy (non-hydrogen) atoms. The summed E-state index contributed by atoms with van der Waals surface area (Å²) in [5.74, 6) is 0.703. The van der Waals surface area contributed by atoms with Gasteiger partial charge < -0.3 is 9.64 Å². The van der Waals surface area contributed by atoms with Gasteiger partial charge in [0.25, 0.3) is 0 Å². The lowest BCUT2D eigenvalue weighted by Gasteiger charge is -2.25. The fourth-order valence-electron chi connectivity index (χ4n) is 3.40. The molecule has 0 bridgehead atoms. The van der Waals surface area contributed by atoms with E-state index in [1.165, 1.54) is 0 Å². The second kappa shape index (κ2) is 8.78. The monoisotopic (exact) mass is 389 g/mol. The minimum absolute atomic E-state index is 0.0744. The summed E-state index contributed by atoms with van der Waals surface area (Å²) in [5.41, 5.74) is 4.82. The van der Waals surface area contributed by atoms with Crippen molar-refractivity contribution >= 4 is 12.0 Å². The number of carbonyl (C=O) groups is 1. The molecule has 2 aromatic carbocycles. The molecule has 1 aromatic heterocycles. The zero-order valence-electron chi connectivity index (χ0n) is 17.6. The van der Waals surface area contributed by atoms with Gasteiger partial charge in [-0.05, 0) is 45.0 Å². The summed E-state index contributed by atoms with van der Waals surface area (Å²) < 4.78 is 7.34. The SMILES string of the molecule is COc1ccccc1C(C)N(C)C(=O)/C=C/c1c(C)nn(-c2ccccc2)c1C. The van der Waals surface area contributed by atoms with Crippen LogP contribution in [0.25, 0.3) is 11.8 Å². The first-order valence-electron chi connectivity index (χ1n) is 9.63. The van der Waals surface area contributed by atoms with Crippen molar-refractivity contribution in [1.82, 2.24) is 14.7 Å². The van der Waals surface area contributed by atoms with Gasteiger partial charge >= 0.3 is 0 Å². The Labute approximate surface area is 172 Å². The van der Waals surface area contributed by atoms with Crippen LogP contribution in [0.5, 0.6) is 5.75 Å². The van der Waals surface area contributed by atoms with Gasteiger partial charge in [-0.1, -0.05) is 36.4 Å². The Bertz CT molecular complexity index is 1020. The van der Waals surface area contributed by atoms with Crippen LogP contribution in [0.1, 0.15) is 35.5 Å². The van der Waals surface area contributed by atoms with E-state index < -0.39 is 0 Å². The Morgan fingerprint density at radius 1 is 1.10 bits per heavy atom. The summed E-state index contributed by atoms with van der Waals surface area (Å²) in [7, 11) is 3.44. The third-order valence-corrected chi connectivity index (χ3v) is 5.26. The first kappa shape index (κ1) is 20.4. The Hall–Kier alpha value is -3.34. The normalized spacial score (nSPS) is 12.2. The highest BCUT2D eigenvalue weighted by Crippen LogP contribution is 2.28. The van der Waals surface area contributed by atoms with Crippen LogP contribution >= 0.6 is 0 Å². The van der Waals surface area contributed by atoms with Crippen LogP contribution in [0, 0.1) is 13.8 Å². The van der Waals surface area contributed by atoms with Crippen molar-refractivity contribution < 1.29 is 9.53 Å². The predicted octanol–water partition coefficient (Wildman–Crippen LogP) is 4.73. The van der Waals surface area contributed by atoms with Crippen LogP contribution in [0.15, 0.2) is 60.7 Å². The molecule has 3 aromatic rings. The van der Waals surface area contributed by atoms with Gasteiger partial charge in [-0.2, -0.15) is 5.10 Å². The molecule has 3 rings (SSSR count). The number of aryl methyl sites for hydroxylation is 1. The Kier molecular flexibility index (Phi) is 6.17. The van der Waals surface area contributed by atoms with E-state index in [1.807, 2.05) is 86.1 Å². The molecule has 0 fully saturated rings. The first-order chi connectivity index (χ1) is 13.9. The van der Waals surface area contributed by atoms with Gasteiger partial charge in [0.15, 0.2) is 0 Å². The molecule has 0 aliphatic heterocycles. The molecule has 5 heteroatoms. The van der Waals surface area contributed by atoms with Crippen LogP contribution in [0.4, 0.5) is 0 Å². The van der Waals surface area contributed by atoms with E-state index in [4.69, 9.17) is 4.74 Å². The van der Waals surface area contributed by atoms with Crippen LogP contribution in [-0.2, 0) is 4.79 Å². The number of methoxy groups -OCH3 is 1. The highest BCUT2D eigenvalue weighted by molar-refractivity contribution is 5.92. The maximum absolute atomic E-state index is 12.8. The molecule has 0 aliphatic carbocycles. The second-order valence-electron chi connectivity index (χ2n) is 7.03. The molecule has 0 N–H and O–H groups in total. The number of ether oxygens (including phenoxy) is 1. The molecule has 150 valence electrons. The average molecular weight is 389 g/mol. The lowest BCUT2D eigenvalue weighted by molar-refractivity contribution is -0.126. The van der Waals surface area contributed by atoms with E-state index in [-0.39, 0.29) is 11.9 Å². The smallest absolute Gasteiger partial charge is 0.246 e. The molecule has 0 aliphatic rings. The zero-order chi connectivity index (χ0) is 21.0. The van der Waals surface area contributed by atoms with E-state index in [2.05, 4.69) is 5.10 Å². The molecule has 1 amide bonds. The Morgan fingerprint density at radius 3 is 2.45 bits per heavy atom. The summed E-state index contributed by atoms with van der Waals surface area (Å²) >= 11 is 0. The van der Waals surface area contributed by atoms with Gasteiger partial charge in [0.2, 0.25) is 5.91 Å². The molecule has 0 saturated carbocycles. The summed E-state index contributed by atoms with van der Waals surface area (Å²) in [6.45, 7) is 5.96. The third kappa shape index (κ3) is 4.24. The van der Waals surface area contributed by atoms with Gasteiger partial charge in [-0.3, -0.25) is 4.79 Å². The Balaban J connectivity index is 1.81. The van der Waals surface area contributed by atoms with Gasteiger partial charge in [0.05, 0.1) is 24.5 Å². The number of nitrogens with zero attached hydrogens (tertiary/aromatic N) is 3. The summed E-state index contributed by atoms with van der Waals surface area (Å²) in [5, 5.41) is 4.63. The van der Waals surface area contributed by atoms with Crippen molar-refractivity contribution in [3.05, 3.63) is 83.2 Å². The van der Waals surface area contributed by atoms with Crippen LogP contribution < -0.4 is 4.74 Å². The maximum atomic E-state index is 12.8. The number of amides is 1. The van der Waals surface area contributed by atoms with E-state index in [9.17, 15) is 4.79 Å². The van der Waals surface area contributed by atoms with E-state index in [1.54, 1.807) is 25.1 Å². The number of para-hydroxylation sites is 2. The van der Waals surface area contributed by atoms with Gasteiger partial charge in [0.1, 0.15) is 5.75 Å². The lowest BCUT2D eigenvalue weighted by Crippen LogP contribution is -2.28. The van der Waals surface area contributed by atoms with Gasteiger partial charge in [-0.25, -0.2) is 4.68 Å². The van der Waals surface area contributed by atoms with Crippen molar-refractivity contribution in [2.45, 2.75) is 26.8 Å². The van der Waals surface area contributed by atoms with E-state index in [0.717, 1.165) is 34.0 Å². The van der Waals surface area contributed by atoms with E-state index >= 15 is 0 Å². The van der Waals surface area contributed by atoms with Crippen molar-refractivity contribution in [1.29, 1.82) is 0 Å². The summed E-state index contributed by atoms with van der Waals surface area (Å²) in [6, 6.07) is 17.6. The van der Waals surface area contributed by atoms with Crippen LogP contribution in [0.2, 0.25) is 0 Å². The highest BCUT2D eigenvalue weighted by atomic mass is 16.5. The average Bonchev–Trinajstić information content (AvgIpc) is 3.04. The molecule has 0 radical (unpaired) electrons. The minimum atomic E-state index is -0.113. The first-order valence-corrected chi connectivity index (χ1v) is 9.63. The molecule has 1 unspecified atom stereocenters. The maximum Gasteiger partial charge on any atom is 0.246 e. The number of aromatic nitrogens is 2. The van der Waals surface area contributed by atoms with Gasteiger partial charge in [-0.15, -0.1) is 0 Å².